The summed E-state index contributed by atoms with van der Waals surface area (Å²) in [6.45, 7) is 3.59. The molecule has 2 aromatic rings. The zero-order valence-corrected chi connectivity index (χ0v) is 12.8. The molecule has 7 heteroatoms. The van der Waals surface area contributed by atoms with Gasteiger partial charge in [0, 0.05) is 35.4 Å². The first-order valence-corrected chi connectivity index (χ1v) is 7.09. The lowest BCUT2D eigenvalue weighted by Gasteiger charge is -2.29. The third kappa shape index (κ3) is 3.46. The molecule has 1 aliphatic heterocycles. The number of carbonyl (C=O) groups excluding carboxylic acids is 1. The molecule has 0 spiro atoms. The lowest BCUT2D eigenvalue weighted by Crippen LogP contribution is -2.47. The Morgan fingerprint density at radius 2 is 2.18 bits per heavy atom. The summed E-state index contributed by atoms with van der Waals surface area (Å²) >= 11 is 6.14. The summed E-state index contributed by atoms with van der Waals surface area (Å²) in [4.78, 5) is 26.4. The van der Waals surface area contributed by atoms with Gasteiger partial charge in [0.2, 0.25) is 5.91 Å². The van der Waals surface area contributed by atoms with Crippen LogP contribution in [0.15, 0.2) is 24.4 Å². The van der Waals surface area contributed by atoms with E-state index in [4.69, 9.17) is 21.5 Å². The molecular weight excluding hydrogens is 306 g/mol. The van der Waals surface area contributed by atoms with Crippen molar-refractivity contribution >= 4 is 40.6 Å². The second kappa shape index (κ2) is 7.09. The number of amides is 1. The minimum atomic E-state index is -0.250. The molecule has 0 unspecified atom stereocenters. The van der Waals surface area contributed by atoms with Gasteiger partial charge in [0.15, 0.2) is 0 Å². The number of carbonyl (C=O) groups is 2. The van der Waals surface area contributed by atoms with E-state index >= 15 is 0 Å². The van der Waals surface area contributed by atoms with E-state index in [9.17, 15) is 4.79 Å². The lowest BCUT2D eigenvalue weighted by atomic mass is 10.1. The lowest BCUT2D eigenvalue weighted by molar-refractivity contribution is -0.123. The largest absolute Gasteiger partial charge is 0.483 e. The van der Waals surface area contributed by atoms with Crippen molar-refractivity contribution in [1.82, 2.24) is 10.3 Å². The minimum absolute atomic E-state index is 0.0509. The SMILES string of the molecule is Cc1cc(Cl)cc2c(N3CCNC(=O)C3)ccnc12.O=CO. The molecule has 0 saturated carbocycles. The van der Waals surface area contributed by atoms with Gasteiger partial charge in [-0.3, -0.25) is 14.6 Å². The molecular formula is C15H16ClN3O3. The van der Waals surface area contributed by atoms with Gasteiger partial charge in [-0.15, -0.1) is 0 Å². The number of anilines is 1. The fourth-order valence-electron chi connectivity index (χ4n) is 2.49. The second-order valence-corrected chi connectivity index (χ2v) is 5.26. The number of aromatic nitrogens is 1. The summed E-state index contributed by atoms with van der Waals surface area (Å²) in [5, 5.41) is 11.4. The van der Waals surface area contributed by atoms with Crippen molar-refractivity contribution in [2.75, 3.05) is 24.5 Å². The normalized spacial score (nSPS) is 14.1. The topological polar surface area (TPSA) is 82.5 Å². The summed E-state index contributed by atoms with van der Waals surface area (Å²) in [5.74, 6) is 0.0509. The van der Waals surface area contributed by atoms with Gasteiger partial charge >= 0.3 is 0 Å². The molecule has 0 bridgehead atoms. The number of piperazine rings is 1. The third-order valence-electron chi connectivity index (χ3n) is 3.36. The van der Waals surface area contributed by atoms with Crippen molar-refractivity contribution < 1.29 is 14.7 Å². The van der Waals surface area contributed by atoms with Gasteiger partial charge in [0.05, 0.1) is 12.1 Å². The predicted molar refractivity (Wildman–Crippen MR) is 85.4 cm³/mol. The fraction of sp³-hybridized carbons (Fsp3) is 0.267. The first-order chi connectivity index (χ1) is 10.6. The van der Waals surface area contributed by atoms with Gasteiger partial charge in [0.25, 0.3) is 6.47 Å². The van der Waals surface area contributed by atoms with Gasteiger partial charge in [-0.25, -0.2) is 0 Å². The van der Waals surface area contributed by atoms with E-state index in [1.54, 1.807) is 6.20 Å². The summed E-state index contributed by atoms with van der Waals surface area (Å²) < 4.78 is 0. The molecule has 0 atom stereocenters. The zero-order valence-electron chi connectivity index (χ0n) is 12.0. The Bertz CT molecular complexity index is 706. The number of fused-ring (bicyclic) bond motifs is 1. The molecule has 1 aliphatic rings. The van der Waals surface area contributed by atoms with Gasteiger partial charge < -0.3 is 15.3 Å². The van der Waals surface area contributed by atoms with Gasteiger partial charge in [-0.1, -0.05) is 11.6 Å². The van der Waals surface area contributed by atoms with Gasteiger partial charge in [-0.05, 0) is 30.7 Å². The standard InChI is InChI=1S/C14H14ClN3O.CH2O2/c1-9-6-10(15)7-11-12(2-3-17-14(9)11)18-5-4-16-13(19)8-18;2-1-3/h2-3,6-7H,4-5,8H2,1H3,(H,16,19);1H,(H,2,3). The molecule has 116 valence electrons. The maximum Gasteiger partial charge on any atom is 0.290 e. The Hall–Kier alpha value is -2.34. The molecule has 1 aromatic heterocycles. The van der Waals surface area contributed by atoms with E-state index in [0.717, 1.165) is 28.7 Å². The molecule has 2 N–H and O–H groups in total. The number of benzene rings is 1. The van der Waals surface area contributed by atoms with Crippen molar-refractivity contribution in [2.24, 2.45) is 0 Å². The fourth-order valence-corrected chi connectivity index (χ4v) is 2.77. The van der Waals surface area contributed by atoms with Crippen LogP contribution in [-0.2, 0) is 9.59 Å². The Balaban J connectivity index is 0.000000545. The Kier molecular flexibility index (Phi) is 5.16. The van der Waals surface area contributed by atoms with Crippen LogP contribution in [-0.4, -0.2) is 42.1 Å². The highest BCUT2D eigenvalue weighted by Crippen LogP contribution is 2.30. The van der Waals surface area contributed by atoms with E-state index in [0.29, 0.717) is 18.1 Å². The molecule has 3 rings (SSSR count). The summed E-state index contributed by atoms with van der Waals surface area (Å²) in [5.41, 5.74) is 3.00. The number of halogens is 1. The molecule has 2 heterocycles. The van der Waals surface area contributed by atoms with Gasteiger partial charge in [-0.2, -0.15) is 0 Å². The maximum absolute atomic E-state index is 11.5. The van der Waals surface area contributed by atoms with Crippen LogP contribution < -0.4 is 10.2 Å². The van der Waals surface area contributed by atoms with Crippen LogP contribution in [0.1, 0.15) is 5.56 Å². The number of carboxylic acid groups (broad SMARTS) is 1. The molecule has 1 amide bonds. The monoisotopic (exact) mass is 321 g/mol. The first-order valence-electron chi connectivity index (χ1n) is 6.71. The van der Waals surface area contributed by atoms with E-state index in [2.05, 4.69) is 15.2 Å². The highest BCUT2D eigenvalue weighted by molar-refractivity contribution is 6.31. The van der Waals surface area contributed by atoms with Crippen LogP contribution in [0.5, 0.6) is 0 Å². The molecule has 0 aliphatic carbocycles. The molecule has 1 fully saturated rings. The van der Waals surface area contributed by atoms with Crippen molar-refractivity contribution in [3.63, 3.8) is 0 Å². The van der Waals surface area contributed by atoms with Crippen LogP contribution >= 0.6 is 11.6 Å². The third-order valence-corrected chi connectivity index (χ3v) is 3.57. The number of nitrogens with one attached hydrogen (secondary N) is 1. The summed E-state index contributed by atoms with van der Waals surface area (Å²) in [6, 6.07) is 5.76. The highest BCUT2D eigenvalue weighted by atomic mass is 35.5. The number of rotatable bonds is 1. The van der Waals surface area contributed by atoms with E-state index in [1.165, 1.54) is 0 Å². The Morgan fingerprint density at radius 1 is 1.45 bits per heavy atom. The van der Waals surface area contributed by atoms with Crippen LogP contribution in [0.2, 0.25) is 5.02 Å². The molecule has 1 saturated heterocycles. The van der Waals surface area contributed by atoms with Crippen LogP contribution in [0.3, 0.4) is 0 Å². The average molecular weight is 322 g/mol. The van der Waals surface area contributed by atoms with Crippen molar-refractivity contribution in [3.05, 3.63) is 35.0 Å². The van der Waals surface area contributed by atoms with Crippen molar-refractivity contribution in [1.29, 1.82) is 0 Å². The van der Waals surface area contributed by atoms with Crippen LogP contribution in [0.25, 0.3) is 10.9 Å². The number of nitrogens with zero attached hydrogens (tertiary/aromatic N) is 2. The molecule has 6 nitrogen and oxygen atoms in total. The Labute approximate surface area is 132 Å². The molecule has 0 radical (unpaired) electrons. The average Bonchev–Trinajstić information content (AvgIpc) is 2.47. The van der Waals surface area contributed by atoms with E-state index < -0.39 is 0 Å². The minimum Gasteiger partial charge on any atom is -0.483 e. The number of pyridine rings is 1. The zero-order chi connectivity index (χ0) is 16.1. The number of hydrogen-bond acceptors (Lipinski definition) is 4. The highest BCUT2D eigenvalue weighted by Gasteiger charge is 2.19. The molecule has 1 aromatic carbocycles. The smallest absolute Gasteiger partial charge is 0.290 e. The number of hydrogen-bond donors (Lipinski definition) is 2. The predicted octanol–water partition coefficient (Wildman–Crippen LogP) is 1.83. The van der Waals surface area contributed by atoms with E-state index in [1.807, 2.05) is 25.1 Å². The second-order valence-electron chi connectivity index (χ2n) is 4.83. The summed E-state index contributed by atoms with van der Waals surface area (Å²) in [7, 11) is 0. The first kappa shape index (κ1) is 16.0. The van der Waals surface area contributed by atoms with Crippen molar-refractivity contribution in [3.8, 4) is 0 Å². The van der Waals surface area contributed by atoms with Gasteiger partial charge in [0.1, 0.15) is 0 Å². The molecule has 22 heavy (non-hydrogen) atoms. The summed E-state index contributed by atoms with van der Waals surface area (Å²) in [6.07, 6.45) is 1.78. The van der Waals surface area contributed by atoms with Crippen LogP contribution in [0, 0.1) is 6.92 Å². The Morgan fingerprint density at radius 3 is 2.86 bits per heavy atom. The van der Waals surface area contributed by atoms with Crippen molar-refractivity contribution in [2.45, 2.75) is 6.92 Å². The van der Waals surface area contributed by atoms with E-state index in [-0.39, 0.29) is 12.4 Å². The number of aryl methyl sites for hydroxylation is 1. The quantitative estimate of drug-likeness (QED) is 0.783. The van der Waals surface area contributed by atoms with Crippen LogP contribution in [0.4, 0.5) is 5.69 Å². The maximum atomic E-state index is 11.5.